The van der Waals surface area contributed by atoms with Crippen LogP contribution in [0.15, 0.2) is 109 Å². The molecule has 4 nitrogen and oxygen atoms in total. The van der Waals surface area contributed by atoms with Gasteiger partial charge < -0.3 is 22.1 Å². The molecule has 6 N–H and O–H groups in total. The zero-order valence-corrected chi connectivity index (χ0v) is 20.3. The average Bonchev–Trinajstić information content (AvgIpc) is 2.86. The molecule has 0 amide bonds. The molecular formula is C30H34N4. The monoisotopic (exact) mass is 450 g/mol. The highest BCUT2D eigenvalue weighted by Gasteiger charge is 2.24. The minimum absolute atomic E-state index is 0.607. The minimum Gasteiger partial charge on any atom is -0.397 e. The van der Waals surface area contributed by atoms with Crippen LogP contribution in [0.3, 0.4) is 0 Å². The van der Waals surface area contributed by atoms with Gasteiger partial charge >= 0.3 is 0 Å². The molecule has 4 heteroatoms. The predicted octanol–water partition coefficient (Wildman–Crippen LogP) is 6.26. The van der Waals surface area contributed by atoms with Gasteiger partial charge in [-0.05, 0) is 38.0 Å². The zero-order chi connectivity index (χ0) is 24.7. The van der Waals surface area contributed by atoms with E-state index >= 15 is 0 Å². The Morgan fingerprint density at radius 1 is 0.853 bits per heavy atom. The van der Waals surface area contributed by atoms with Gasteiger partial charge in [0.2, 0.25) is 0 Å². The van der Waals surface area contributed by atoms with E-state index in [-0.39, 0.29) is 0 Å². The third-order valence-electron chi connectivity index (χ3n) is 5.78. The fourth-order valence-corrected chi connectivity index (χ4v) is 4.08. The Balaban J connectivity index is 2.34. The van der Waals surface area contributed by atoms with E-state index in [0.29, 0.717) is 11.4 Å². The van der Waals surface area contributed by atoms with Crippen LogP contribution < -0.4 is 22.1 Å². The molecule has 0 saturated carbocycles. The van der Waals surface area contributed by atoms with Crippen molar-refractivity contribution in [1.29, 1.82) is 0 Å². The summed E-state index contributed by atoms with van der Waals surface area (Å²) in [5.74, 6) is 0. The third kappa shape index (κ3) is 4.91. The zero-order valence-electron chi connectivity index (χ0n) is 20.3. The van der Waals surface area contributed by atoms with Crippen molar-refractivity contribution in [3.63, 3.8) is 0 Å². The number of nitrogens with two attached hydrogens (primary N) is 2. The molecule has 0 radical (unpaired) electrons. The summed E-state index contributed by atoms with van der Waals surface area (Å²) in [4.78, 5) is 0. The Labute approximate surface area is 203 Å². The summed E-state index contributed by atoms with van der Waals surface area (Å²) in [6.45, 7) is 14.0. The Hall–Kier alpha value is -4.18. The second kappa shape index (κ2) is 11.1. The molecular weight excluding hydrogens is 416 g/mol. The number of allylic oxidation sites excluding steroid dienone is 6. The van der Waals surface area contributed by atoms with Crippen LogP contribution in [-0.4, -0.2) is 0 Å². The fourth-order valence-electron chi connectivity index (χ4n) is 4.08. The highest BCUT2D eigenvalue weighted by molar-refractivity contribution is 6.03. The number of rotatable bonds is 8. The highest BCUT2D eigenvalue weighted by Crippen LogP contribution is 2.36. The first-order valence-electron chi connectivity index (χ1n) is 11.5. The summed E-state index contributed by atoms with van der Waals surface area (Å²) in [5, 5.41) is 7.11. The van der Waals surface area contributed by atoms with E-state index in [1.165, 1.54) is 0 Å². The van der Waals surface area contributed by atoms with Crippen LogP contribution in [0.1, 0.15) is 49.4 Å². The second-order valence-corrected chi connectivity index (χ2v) is 7.98. The summed E-state index contributed by atoms with van der Waals surface area (Å²) in [6, 6.07) is 16.1. The van der Waals surface area contributed by atoms with Crippen LogP contribution >= 0.6 is 0 Å². The normalized spacial score (nSPS) is 18.9. The minimum atomic E-state index is 0.607. The molecule has 2 aromatic carbocycles. The smallest absolute Gasteiger partial charge is 0.0704 e. The number of hydrogen-bond donors (Lipinski definition) is 4. The van der Waals surface area contributed by atoms with Crippen LogP contribution in [0.2, 0.25) is 0 Å². The maximum Gasteiger partial charge on any atom is 0.0704 e. The molecule has 34 heavy (non-hydrogen) atoms. The van der Waals surface area contributed by atoms with Gasteiger partial charge in [0.05, 0.1) is 22.8 Å². The fraction of sp³-hybridized carbons (Fsp3) is 0.133. The molecule has 0 aliphatic heterocycles. The Kier molecular flexibility index (Phi) is 7.99. The molecule has 0 aromatic heterocycles. The number of hydrogen-bond acceptors (Lipinski definition) is 4. The second-order valence-electron chi connectivity index (χ2n) is 7.98. The quantitative estimate of drug-likeness (QED) is 0.358. The van der Waals surface area contributed by atoms with E-state index in [1.54, 1.807) is 12.2 Å². The molecule has 0 bridgehead atoms. The van der Waals surface area contributed by atoms with Crippen molar-refractivity contribution < 1.29 is 0 Å². The third-order valence-corrected chi connectivity index (χ3v) is 5.78. The van der Waals surface area contributed by atoms with Gasteiger partial charge in [-0.1, -0.05) is 86.8 Å². The van der Waals surface area contributed by atoms with Crippen molar-refractivity contribution in [2.24, 2.45) is 11.5 Å². The van der Waals surface area contributed by atoms with E-state index in [1.807, 2.05) is 55.5 Å². The van der Waals surface area contributed by atoms with E-state index < -0.39 is 0 Å². The molecule has 0 unspecified atom stereocenters. The Morgan fingerprint density at radius 2 is 1.35 bits per heavy atom. The van der Waals surface area contributed by atoms with Crippen LogP contribution in [-0.2, 0) is 0 Å². The molecule has 0 heterocycles. The molecule has 0 saturated heterocycles. The van der Waals surface area contributed by atoms with E-state index in [4.69, 9.17) is 11.5 Å². The Bertz CT molecular complexity index is 1250. The van der Waals surface area contributed by atoms with Gasteiger partial charge in [-0.15, -0.1) is 0 Å². The van der Waals surface area contributed by atoms with Gasteiger partial charge in [0.15, 0.2) is 0 Å². The van der Waals surface area contributed by atoms with Gasteiger partial charge in [-0.3, -0.25) is 0 Å². The topological polar surface area (TPSA) is 76.1 Å². The lowest BCUT2D eigenvalue weighted by Gasteiger charge is -2.27. The maximum atomic E-state index is 6.87. The lowest BCUT2D eigenvalue weighted by molar-refractivity contribution is 1.05. The van der Waals surface area contributed by atoms with Crippen LogP contribution in [0.25, 0.3) is 22.8 Å². The SMILES string of the molecule is C=C/C=C(\C=C)N/C1=C(\N)c2ccccc2/C(N)=C(/NC(=C/C)/C(C)=C\CC)c2ccccc21. The molecule has 174 valence electrons. The summed E-state index contributed by atoms with van der Waals surface area (Å²) in [5.41, 5.74) is 23.1. The van der Waals surface area contributed by atoms with Crippen molar-refractivity contribution in [1.82, 2.24) is 10.6 Å². The molecule has 1 aliphatic rings. The number of nitrogens with one attached hydrogen (secondary N) is 2. The maximum absolute atomic E-state index is 6.87. The first-order valence-corrected chi connectivity index (χ1v) is 11.5. The molecule has 1 aliphatic carbocycles. The van der Waals surface area contributed by atoms with Crippen molar-refractivity contribution in [3.8, 4) is 0 Å². The lowest BCUT2D eigenvalue weighted by atomic mass is 9.90. The largest absolute Gasteiger partial charge is 0.397 e. The van der Waals surface area contributed by atoms with Gasteiger partial charge in [0, 0.05) is 33.6 Å². The summed E-state index contributed by atoms with van der Waals surface area (Å²) in [7, 11) is 0. The molecule has 0 spiro atoms. The van der Waals surface area contributed by atoms with E-state index in [2.05, 4.69) is 55.9 Å². The first-order chi connectivity index (χ1) is 16.5. The standard InChI is InChI=1S/C30H34N4/c1-6-14-20(5)26(9-4)34-30-25-19-13-12-18-24(25)29(33-21(8-3)15-7-2)27(31)22-16-10-11-17-23(22)28(30)32/h7-19,33-34H,2-3,6,31-32H2,1,4-5H3/b20-14-,21-15+,26-9+,27-22?,28-23?,29-24?,29-27-,30-25?,30-28-. The predicted molar refractivity (Wildman–Crippen MR) is 147 cm³/mol. The summed E-state index contributed by atoms with van der Waals surface area (Å²) in [6.07, 6.45) is 10.5. The number of fused-ring (bicyclic) bond motifs is 2. The molecule has 0 fully saturated rings. The van der Waals surface area contributed by atoms with Crippen molar-refractivity contribution >= 4 is 22.8 Å². The van der Waals surface area contributed by atoms with Crippen molar-refractivity contribution in [2.45, 2.75) is 27.2 Å². The van der Waals surface area contributed by atoms with Crippen molar-refractivity contribution in [3.05, 3.63) is 131 Å². The average molecular weight is 451 g/mol. The van der Waals surface area contributed by atoms with Crippen LogP contribution in [0.5, 0.6) is 0 Å². The van der Waals surface area contributed by atoms with Crippen LogP contribution in [0.4, 0.5) is 0 Å². The molecule has 3 rings (SSSR count). The lowest BCUT2D eigenvalue weighted by Crippen LogP contribution is -2.24. The van der Waals surface area contributed by atoms with Gasteiger partial charge in [-0.25, -0.2) is 0 Å². The number of benzene rings is 2. The summed E-state index contributed by atoms with van der Waals surface area (Å²) >= 11 is 0. The van der Waals surface area contributed by atoms with E-state index in [0.717, 1.165) is 57.0 Å². The van der Waals surface area contributed by atoms with Gasteiger partial charge in [-0.2, -0.15) is 0 Å². The summed E-state index contributed by atoms with van der Waals surface area (Å²) < 4.78 is 0. The molecule has 0 atom stereocenters. The molecule has 2 aromatic rings. The Morgan fingerprint density at radius 3 is 1.79 bits per heavy atom. The first kappa shape index (κ1) is 24.5. The van der Waals surface area contributed by atoms with E-state index in [9.17, 15) is 0 Å². The van der Waals surface area contributed by atoms with Crippen LogP contribution in [0, 0.1) is 0 Å². The highest BCUT2D eigenvalue weighted by atomic mass is 14.9. The van der Waals surface area contributed by atoms with Gasteiger partial charge in [0.1, 0.15) is 0 Å². The van der Waals surface area contributed by atoms with Crippen molar-refractivity contribution in [2.75, 3.05) is 0 Å². The van der Waals surface area contributed by atoms with Gasteiger partial charge in [0.25, 0.3) is 0 Å².